The van der Waals surface area contributed by atoms with Crippen molar-refractivity contribution >= 4 is 39.1 Å². The second kappa shape index (κ2) is 6.53. The SMILES string of the molecule is Clc1cc(Oc2ccncc2CNC2CC2)c(Cl)cc1Br. The molecule has 1 aliphatic carbocycles. The van der Waals surface area contributed by atoms with Crippen molar-refractivity contribution in [3.05, 3.63) is 50.7 Å². The van der Waals surface area contributed by atoms with E-state index in [9.17, 15) is 0 Å². The van der Waals surface area contributed by atoms with Crippen molar-refractivity contribution in [2.75, 3.05) is 0 Å². The van der Waals surface area contributed by atoms with Gasteiger partial charge in [-0.05, 0) is 40.9 Å². The standard InChI is InChI=1S/C15H13BrCl2N2O/c16-11-5-13(18)15(6-12(11)17)21-14-3-4-19-7-9(14)8-20-10-1-2-10/h3-7,10,20H,1-2,8H2. The molecule has 1 heterocycles. The molecular weight excluding hydrogens is 375 g/mol. The summed E-state index contributed by atoms with van der Waals surface area (Å²) in [6.45, 7) is 0.732. The summed E-state index contributed by atoms with van der Waals surface area (Å²) in [5.74, 6) is 1.27. The molecule has 0 atom stereocenters. The Hall–Kier alpha value is -0.810. The highest BCUT2D eigenvalue weighted by molar-refractivity contribution is 9.10. The van der Waals surface area contributed by atoms with Crippen LogP contribution in [0.25, 0.3) is 0 Å². The lowest BCUT2D eigenvalue weighted by Crippen LogP contribution is -2.15. The van der Waals surface area contributed by atoms with Gasteiger partial charge in [0.2, 0.25) is 0 Å². The molecule has 1 aromatic carbocycles. The zero-order chi connectivity index (χ0) is 14.8. The van der Waals surface area contributed by atoms with Crippen LogP contribution in [0.4, 0.5) is 0 Å². The van der Waals surface area contributed by atoms with E-state index in [4.69, 9.17) is 27.9 Å². The molecule has 1 saturated carbocycles. The second-order valence-electron chi connectivity index (χ2n) is 4.94. The number of nitrogens with one attached hydrogen (secondary N) is 1. The van der Waals surface area contributed by atoms with Crippen LogP contribution < -0.4 is 10.1 Å². The summed E-state index contributed by atoms with van der Waals surface area (Å²) in [7, 11) is 0. The molecule has 0 spiro atoms. The normalized spacial score (nSPS) is 14.2. The Morgan fingerprint density at radius 1 is 1.24 bits per heavy atom. The number of rotatable bonds is 5. The van der Waals surface area contributed by atoms with Crippen LogP contribution in [-0.4, -0.2) is 11.0 Å². The number of benzene rings is 1. The molecule has 0 aliphatic heterocycles. The predicted octanol–water partition coefficient (Wildman–Crippen LogP) is 5.20. The Bertz CT molecular complexity index is 662. The third kappa shape index (κ3) is 3.89. The third-order valence-corrected chi connectivity index (χ3v) is 4.70. The van der Waals surface area contributed by atoms with E-state index in [1.807, 2.05) is 6.07 Å². The van der Waals surface area contributed by atoms with Crippen LogP contribution in [-0.2, 0) is 6.54 Å². The molecule has 0 saturated heterocycles. The first-order valence-corrected chi connectivity index (χ1v) is 8.17. The zero-order valence-corrected chi connectivity index (χ0v) is 14.2. The van der Waals surface area contributed by atoms with Crippen molar-refractivity contribution in [3.8, 4) is 11.5 Å². The van der Waals surface area contributed by atoms with Gasteiger partial charge in [-0.15, -0.1) is 0 Å². The van der Waals surface area contributed by atoms with E-state index in [2.05, 4.69) is 26.2 Å². The molecule has 1 fully saturated rings. The number of hydrogen-bond acceptors (Lipinski definition) is 3. The lowest BCUT2D eigenvalue weighted by atomic mass is 10.2. The highest BCUT2D eigenvalue weighted by Crippen LogP contribution is 2.37. The highest BCUT2D eigenvalue weighted by Gasteiger charge is 2.21. The highest BCUT2D eigenvalue weighted by atomic mass is 79.9. The summed E-state index contributed by atoms with van der Waals surface area (Å²) < 4.78 is 6.65. The first-order valence-electron chi connectivity index (χ1n) is 6.62. The van der Waals surface area contributed by atoms with Crippen molar-refractivity contribution < 1.29 is 4.74 Å². The number of halogens is 3. The van der Waals surface area contributed by atoms with Crippen LogP contribution in [0.15, 0.2) is 35.1 Å². The van der Waals surface area contributed by atoms with Gasteiger partial charge in [-0.2, -0.15) is 0 Å². The summed E-state index contributed by atoms with van der Waals surface area (Å²) in [5, 5.41) is 4.51. The van der Waals surface area contributed by atoms with Crippen molar-refractivity contribution in [1.29, 1.82) is 0 Å². The number of nitrogens with zero attached hydrogens (tertiary/aromatic N) is 1. The fourth-order valence-electron chi connectivity index (χ4n) is 1.89. The molecule has 0 amide bonds. The number of hydrogen-bond donors (Lipinski definition) is 1. The maximum atomic E-state index is 6.20. The fraction of sp³-hybridized carbons (Fsp3) is 0.267. The van der Waals surface area contributed by atoms with Crippen molar-refractivity contribution in [2.24, 2.45) is 0 Å². The lowest BCUT2D eigenvalue weighted by Gasteiger charge is -2.13. The van der Waals surface area contributed by atoms with Crippen LogP contribution in [0.2, 0.25) is 10.0 Å². The van der Waals surface area contributed by atoms with E-state index in [0.717, 1.165) is 22.3 Å². The van der Waals surface area contributed by atoms with Crippen LogP contribution in [0.3, 0.4) is 0 Å². The smallest absolute Gasteiger partial charge is 0.147 e. The van der Waals surface area contributed by atoms with Gasteiger partial charge in [-0.25, -0.2) is 0 Å². The lowest BCUT2D eigenvalue weighted by molar-refractivity contribution is 0.471. The first kappa shape index (κ1) is 15.1. The van der Waals surface area contributed by atoms with Crippen LogP contribution >= 0.6 is 39.1 Å². The fourth-order valence-corrected chi connectivity index (χ4v) is 2.72. The summed E-state index contributed by atoms with van der Waals surface area (Å²) in [6, 6.07) is 5.88. The Morgan fingerprint density at radius 2 is 2.05 bits per heavy atom. The van der Waals surface area contributed by atoms with E-state index in [1.54, 1.807) is 24.5 Å². The zero-order valence-electron chi connectivity index (χ0n) is 11.1. The van der Waals surface area contributed by atoms with E-state index in [1.165, 1.54) is 12.8 Å². The monoisotopic (exact) mass is 386 g/mol. The number of ether oxygens (including phenoxy) is 1. The Labute approximate surface area is 141 Å². The molecular formula is C15H13BrCl2N2O. The van der Waals surface area contributed by atoms with Gasteiger partial charge in [0.05, 0.1) is 10.0 Å². The molecule has 21 heavy (non-hydrogen) atoms. The van der Waals surface area contributed by atoms with Crippen LogP contribution in [0.1, 0.15) is 18.4 Å². The summed E-state index contributed by atoms with van der Waals surface area (Å²) in [6.07, 6.45) is 5.98. The number of pyridine rings is 1. The minimum absolute atomic E-state index is 0.504. The maximum absolute atomic E-state index is 6.20. The second-order valence-corrected chi connectivity index (χ2v) is 6.61. The van der Waals surface area contributed by atoms with E-state index in [0.29, 0.717) is 21.8 Å². The van der Waals surface area contributed by atoms with Gasteiger partial charge in [-0.3, -0.25) is 4.98 Å². The summed E-state index contributed by atoms with van der Waals surface area (Å²) in [5.41, 5.74) is 1.000. The molecule has 110 valence electrons. The van der Waals surface area contributed by atoms with Crippen molar-refractivity contribution in [2.45, 2.75) is 25.4 Å². The molecule has 3 nitrogen and oxygen atoms in total. The molecule has 1 aromatic heterocycles. The predicted molar refractivity (Wildman–Crippen MR) is 88.3 cm³/mol. The molecule has 1 N–H and O–H groups in total. The van der Waals surface area contributed by atoms with Crippen LogP contribution in [0, 0.1) is 0 Å². The van der Waals surface area contributed by atoms with Gasteiger partial charge < -0.3 is 10.1 Å². The van der Waals surface area contributed by atoms with Crippen molar-refractivity contribution in [1.82, 2.24) is 10.3 Å². The van der Waals surface area contributed by atoms with Gasteiger partial charge in [0, 0.05) is 41.1 Å². The number of aromatic nitrogens is 1. The van der Waals surface area contributed by atoms with E-state index >= 15 is 0 Å². The van der Waals surface area contributed by atoms with Gasteiger partial charge in [0.25, 0.3) is 0 Å². The Balaban J connectivity index is 1.82. The molecule has 0 unspecified atom stereocenters. The van der Waals surface area contributed by atoms with Gasteiger partial charge >= 0.3 is 0 Å². The molecule has 3 rings (SSSR count). The Kier molecular flexibility index (Phi) is 4.69. The van der Waals surface area contributed by atoms with E-state index in [-0.39, 0.29) is 0 Å². The third-order valence-electron chi connectivity index (χ3n) is 3.21. The molecule has 1 aliphatic rings. The van der Waals surface area contributed by atoms with Gasteiger partial charge in [-0.1, -0.05) is 23.2 Å². The largest absolute Gasteiger partial charge is 0.455 e. The topological polar surface area (TPSA) is 34.1 Å². The molecule has 6 heteroatoms. The minimum atomic E-state index is 0.504. The van der Waals surface area contributed by atoms with Crippen molar-refractivity contribution in [3.63, 3.8) is 0 Å². The molecule has 0 bridgehead atoms. The van der Waals surface area contributed by atoms with E-state index < -0.39 is 0 Å². The van der Waals surface area contributed by atoms with Gasteiger partial charge in [0.15, 0.2) is 0 Å². The average molecular weight is 388 g/mol. The van der Waals surface area contributed by atoms with Crippen LogP contribution in [0.5, 0.6) is 11.5 Å². The summed E-state index contributed by atoms with van der Waals surface area (Å²) in [4.78, 5) is 4.15. The van der Waals surface area contributed by atoms with Gasteiger partial charge in [0.1, 0.15) is 11.5 Å². The first-order chi connectivity index (χ1) is 10.1. The quantitative estimate of drug-likeness (QED) is 0.716. The average Bonchev–Trinajstić information content (AvgIpc) is 3.28. The molecule has 2 aromatic rings. The maximum Gasteiger partial charge on any atom is 0.147 e. The molecule has 0 radical (unpaired) electrons. The Morgan fingerprint density at radius 3 is 2.81 bits per heavy atom. The summed E-state index contributed by atoms with van der Waals surface area (Å²) >= 11 is 15.6. The minimum Gasteiger partial charge on any atom is -0.455 e.